The third-order valence-electron chi connectivity index (χ3n) is 4.27. The first kappa shape index (κ1) is 21.1. The van der Waals surface area contributed by atoms with Crippen molar-refractivity contribution >= 4 is 11.8 Å². The van der Waals surface area contributed by atoms with Crippen molar-refractivity contribution in [2.75, 3.05) is 19.5 Å². The van der Waals surface area contributed by atoms with E-state index in [-0.39, 0.29) is 12.0 Å². The van der Waals surface area contributed by atoms with E-state index in [1.807, 2.05) is 48.5 Å². The van der Waals surface area contributed by atoms with E-state index >= 15 is 0 Å². The molecule has 0 fully saturated rings. The standard InChI is InChI=1S/C21H26N4O3S/c1-21(2,3)18-12-17(27-4)10-11-19(18)28-13-16(26)14-29-20-22-23-24-25(20)15-8-6-5-7-9-15/h5-12,16,26H,13-14H2,1-4H3. The van der Waals surface area contributed by atoms with Crippen LogP contribution in [0.25, 0.3) is 5.69 Å². The molecule has 0 amide bonds. The average Bonchev–Trinajstić information content (AvgIpc) is 3.19. The Labute approximate surface area is 175 Å². The smallest absolute Gasteiger partial charge is 0.214 e. The Hall–Kier alpha value is -2.58. The number of aliphatic hydroxyl groups excluding tert-OH is 1. The molecule has 1 N–H and O–H groups in total. The van der Waals surface area contributed by atoms with Crippen LogP contribution < -0.4 is 9.47 Å². The van der Waals surface area contributed by atoms with Crippen molar-refractivity contribution in [3.63, 3.8) is 0 Å². The monoisotopic (exact) mass is 414 g/mol. The number of nitrogens with zero attached hydrogens (tertiary/aromatic N) is 4. The third-order valence-corrected chi connectivity index (χ3v) is 5.34. The fraction of sp³-hybridized carbons (Fsp3) is 0.381. The Morgan fingerprint density at radius 2 is 1.90 bits per heavy atom. The van der Waals surface area contributed by atoms with Crippen LogP contribution in [0.1, 0.15) is 26.3 Å². The quantitative estimate of drug-likeness (QED) is 0.565. The van der Waals surface area contributed by atoms with Gasteiger partial charge in [-0.3, -0.25) is 0 Å². The van der Waals surface area contributed by atoms with Crippen LogP contribution in [-0.2, 0) is 5.41 Å². The highest BCUT2D eigenvalue weighted by Gasteiger charge is 2.21. The van der Waals surface area contributed by atoms with E-state index < -0.39 is 6.10 Å². The number of para-hydroxylation sites is 1. The van der Waals surface area contributed by atoms with Gasteiger partial charge in [0.2, 0.25) is 5.16 Å². The fourth-order valence-corrected chi connectivity index (χ4v) is 3.55. The van der Waals surface area contributed by atoms with E-state index in [2.05, 4.69) is 36.3 Å². The largest absolute Gasteiger partial charge is 0.497 e. The summed E-state index contributed by atoms with van der Waals surface area (Å²) in [6.07, 6.45) is -0.671. The highest BCUT2D eigenvalue weighted by Crippen LogP contribution is 2.34. The Morgan fingerprint density at radius 1 is 1.14 bits per heavy atom. The topological polar surface area (TPSA) is 82.3 Å². The van der Waals surface area contributed by atoms with Crippen LogP contribution in [0.4, 0.5) is 0 Å². The maximum absolute atomic E-state index is 10.4. The summed E-state index contributed by atoms with van der Waals surface area (Å²) in [6.45, 7) is 6.52. The minimum absolute atomic E-state index is 0.110. The minimum Gasteiger partial charge on any atom is -0.497 e. The molecule has 0 bridgehead atoms. The van der Waals surface area contributed by atoms with Crippen LogP contribution in [0.3, 0.4) is 0 Å². The summed E-state index contributed by atoms with van der Waals surface area (Å²) >= 11 is 1.38. The second-order valence-corrected chi connectivity index (χ2v) is 8.58. The van der Waals surface area contributed by atoms with Gasteiger partial charge in [0.25, 0.3) is 0 Å². The number of tetrazole rings is 1. The predicted octanol–water partition coefficient (Wildman–Crippen LogP) is 3.50. The van der Waals surface area contributed by atoms with Gasteiger partial charge in [0.15, 0.2) is 0 Å². The zero-order chi connectivity index (χ0) is 20.9. The summed E-state index contributed by atoms with van der Waals surface area (Å²) in [5.41, 5.74) is 1.80. The van der Waals surface area contributed by atoms with Gasteiger partial charge in [0.1, 0.15) is 18.1 Å². The summed E-state index contributed by atoms with van der Waals surface area (Å²) in [5.74, 6) is 1.94. The van der Waals surface area contributed by atoms with Gasteiger partial charge in [-0.1, -0.05) is 50.7 Å². The molecule has 1 heterocycles. The first-order valence-electron chi connectivity index (χ1n) is 9.34. The highest BCUT2D eigenvalue weighted by atomic mass is 32.2. The Kier molecular flexibility index (Phi) is 6.76. The summed E-state index contributed by atoms with van der Waals surface area (Å²) < 4.78 is 12.9. The number of thioether (sulfide) groups is 1. The molecule has 0 radical (unpaired) electrons. The molecule has 0 saturated heterocycles. The van der Waals surface area contributed by atoms with Gasteiger partial charge in [-0.2, -0.15) is 4.68 Å². The number of methoxy groups -OCH3 is 1. The number of rotatable bonds is 8. The van der Waals surface area contributed by atoms with E-state index in [0.717, 1.165) is 22.7 Å². The lowest BCUT2D eigenvalue weighted by atomic mass is 9.86. The van der Waals surface area contributed by atoms with Gasteiger partial charge in [0.05, 0.1) is 18.9 Å². The second kappa shape index (κ2) is 9.28. The molecule has 0 saturated carbocycles. The Bertz CT molecular complexity index is 925. The van der Waals surface area contributed by atoms with E-state index in [9.17, 15) is 5.11 Å². The van der Waals surface area contributed by atoms with Crippen molar-refractivity contribution in [1.82, 2.24) is 20.2 Å². The fourth-order valence-electron chi connectivity index (χ4n) is 2.75. The van der Waals surface area contributed by atoms with Crippen molar-refractivity contribution in [3.8, 4) is 17.2 Å². The molecule has 0 aliphatic carbocycles. The van der Waals surface area contributed by atoms with Gasteiger partial charge in [-0.05, 0) is 46.2 Å². The zero-order valence-corrected chi connectivity index (χ0v) is 17.9. The lowest BCUT2D eigenvalue weighted by Crippen LogP contribution is -2.22. The molecule has 3 aromatic rings. The third kappa shape index (κ3) is 5.48. The number of benzene rings is 2. The van der Waals surface area contributed by atoms with Gasteiger partial charge < -0.3 is 14.6 Å². The van der Waals surface area contributed by atoms with Crippen LogP contribution in [-0.4, -0.2) is 50.9 Å². The lowest BCUT2D eigenvalue weighted by Gasteiger charge is -2.24. The van der Waals surface area contributed by atoms with Crippen molar-refractivity contribution in [1.29, 1.82) is 0 Å². The molecule has 154 valence electrons. The highest BCUT2D eigenvalue weighted by molar-refractivity contribution is 7.99. The van der Waals surface area contributed by atoms with E-state index in [4.69, 9.17) is 9.47 Å². The van der Waals surface area contributed by atoms with Crippen molar-refractivity contribution in [2.24, 2.45) is 0 Å². The molecule has 0 aliphatic heterocycles. The maximum atomic E-state index is 10.4. The summed E-state index contributed by atoms with van der Waals surface area (Å²) in [4.78, 5) is 0. The van der Waals surface area contributed by atoms with Crippen molar-refractivity contribution in [3.05, 3.63) is 54.1 Å². The molecule has 1 unspecified atom stereocenters. The van der Waals surface area contributed by atoms with Gasteiger partial charge in [0, 0.05) is 11.3 Å². The van der Waals surface area contributed by atoms with E-state index in [1.54, 1.807) is 11.8 Å². The summed E-state index contributed by atoms with van der Waals surface area (Å²) in [7, 11) is 1.65. The van der Waals surface area contributed by atoms with Gasteiger partial charge >= 0.3 is 0 Å². The minimum atomic E-state index is -0.671. The van der Waals surface area contributed by atoms with Crippen LogP contribution in [0.15, 0.2) is 53.7 Å². The van der Waals surface area contributed by atoms with Crippen LogP contribution >= 0.6 is 11.8 Å². The van der Waals surface area contributed by atoms with E-state index in [0.29, 0.717) is 10.9 Å². The maximum Gasteiger partial charge on any atom is 0.214 e. The second-order valence-electron chi connectivity index (χ2n) is 7.60. The lowest BCUT2D eigenvalue weighted by molar-refractivity contribution is 0.125. The van der Waals surface area contributed by atoms with Gasteiger partial charge in [-0.15, -0.1) is 5.10 Å². The number of hydrogen-bond donors (Lipinski definition) is 1. The molecular formula is C21H26N4O3S. The average molecular weight is 415 g/mol. The molecule has 1 aromatic heterocycles. The molecule has 0 spiro atoms. The SMILES string of the molecule is COc1ccc(OCC(O)CSc2nnnn2-c2ccccc2)c(C(C)(C)C)c1. The van der Waals surface area contributed by atoms with Crippen LogP contribution in [0.2, 0.25) is 0 Å². The van der Waals surface area contributed by atoms with Crippen LogP contribution in [0.5, 0.6) is 11.5 Å². The molecule has 8 heteroatoms. The molecule has 0 aliphatic rings. The molecule has 29 heavy (non-hydrogen) atoms. The first-order valence-corrected chi connectivity index (χ1v) is 10.3. The zero-order valence-electron chi connectivity index (χ0n) is 17.1. The number of hydrogen-bond acceptors (Lipinski definition) is 7. The normalized spacial score (nSPS) is 12.6. The molecule has 7 nitrogen and oxygen atoms in total. The summed E-state index contributed by atoms with van der Waals surface area (Å²) in [6, 6.07) is 15.4. The number of aliphatic hydroxyl groups is 1. The molecule has 1 atom stereocenters. The Balaban J connectivity index is 1.61. The van der Waals surface area contributed by atoms with Crippen molar-refractivity contribution < 1.29 is 14.6 Å². The molecular weight excluding hydrogens is 388 g/mol. The Morgan fingerprint density at radius 3 is 2.59 bits per heavy atom. The number of aromatic nitrogens is 4. The van der Waals surface area contributed by atoms with Crippen LogP contribution in [0, 0.1) is 0 Å². The molecule has 3 rings (SSSR count). The number of ether oxygens (including phenoxy) is 2. The predicted molar refractivity (Wildman–Crippen MR) is 113 cm³/mol. The molecule has 2 aromatic carbocycles. The summed E-state index contributed by atoms with van der Waals surface area (Å²) in [5, 5.41) is 22.8. The first-order chi connectivity index (χ1) is 13.9. The van der Waals surface area contributed by atoms with Gasteiger partial charge in [-0.25, -0.2) is 0 Å². The van der Waals surface area contributed by atoms with Crippen molar-refractivity contribution in [2.45, 2.75) is 37.4 Å². The van der Waals surface area contributed by atoms with E-state index in [1.165, 1.54) is 11.8 Å².